The van der Waals surface area contributed by atoms with Crippen molar-refractivity contribution in [1.82, 2.24) is 4.98 Å². The minimum absolute atomic E-state index is 0.0634. The Morgan fingerprint density at radius 2 is 1.85 bits per heavy atom. The molecule has 0 aliphatic rings. The van der Waals surface area contributed by atoms with Gasteiger partial charge in [-0.15, -0.1) is 0 Å². The first-order valence-electron chi connectivity index (χ1n) is 6.68. The number of halogens is 1. The van der Waals surface area contributed by atoms with E-state index in [0.29, 0.717) is 6.54 Å². The summed E-state index contributed by atoms with van der Waals surface area (Å²) >= 11 is 0. The van der Waals surface area contributed by atoms with E-state index in [4.69, 9.17) is 0 Å². The lowest BCUT2D eigenvalue weighted by molar-refractivity contribution is 0.281. The largest absolute Gasteiger partial charge is 0.392 e. The van der Waals surface area contributed by atoms with Crippen molar-refractivity contribution in [2.24, 2.45) is 0 Å². The summed E-state index contributed by atoms with van der Waals surface area (Å²) in [6.07, 6.45) is 0. The van der Waals surface area contributed by atoms with Gasteiger partial charge in [-0.05, 0) is 56.7 Å². The molecule has 0 amide bonds. The molecule has 4 heteroatoms. The number of aromatic nitrogens is 1. The van der Waals surface area contributed by atoms with Crippen LogP contribution < -0.4 is 4.90 Å². The Morgan fingerprint density at radius 3 is 2.40 bits per heavy atom. The van der Waals surface area contributed by atoms with Gasteiger partial charge in [0.15, 0.2) is 0 Å². The fourth-order valence-corrected chi connectivity index (χ4v) is 2.34. The zero-order chi connectivity index (χ0) is 14.7. The number of hydrogen-bond donors (Lipinski definition) is 1. The van der Waals surface area contributed by atoms with E-state index in [0.717, 1.165) is 28.3 Å². The maximum Gasteiger partial charge on any atom is 0.139 e. The second-order valence-corrected chi connectivity index (χ2v) is 4.76. The number of aliphatic hydroxyl groups is 1. The molecule has 0 atom stereocenters. The van der Waals surface area contributed by atoms with Gasteiger partial charge in [0, 0.05) is 23.5 Å². The van der Waals surface area contributed by atoms with Crippen molar-refractivity contribution in [3.05, 3.63) is 53.0 Å². The summed E-state index contributed by atoms with van der Waals surface area (Å²) in [6.45, 7) is 6.52. The van der Waals surface area contributed by atoms with Crippen molar-refractivity contribution < 1.29 is 9.50 Å². The van der Waals surface area contributed by atoms with Crippen LogP contribution in [0.1, 0.15) is 23.7 Å². The number of pyridine rings is 1. The van der Waals surface area contributed by atoms with Gasteiger partial charge >= 0.3 is 0 Å². The minimum atomic E-state index is -0.263. The average Bonchev–Trinajstić information content (AvgIpc) is 2.41. The normalized spacial score (nSPS) is 10.7. The van der Waals surface area contributed by atoms with Crippen LogP contribution in [-0.4, -0.2) is 16.6 Å². The summed E-state index contributed by atoms with van der Waals surface area (Å²) < 4.78 is 13.1. The molecule has 0 aliphatic heterocycles. The third-order valence-electron chi connectivity index (χ3n) is 3.32. The molecule has 0 unspecified atom stereocenters. The smallest absolute Gasteiger partial charge is 0.139 e. The molecule has 1 aromatic carbocycles. The number of aliphatic hydroxyl groups excluding tert-OH is 1. The summed E-state index contributed by atoms with van der Waals surface area (Å²) in [5.41, 5.74) is 3.58. The lowest BCUT2D eigenvalue weighted by Crippen LogP contribution is -2.20. The summed E-state index contributed by atoms with van der Waals surface area (Å²) in [7, 11) is 0. The van der Waals surface area contributed by atoms with Crippen molar-refractivity contribution in [2.45, 2.75) is 27.4 Å². The fraction of sp³-hybridized carbons (Fsp3) is 0.312. The van der Waals surface area contributed by atoms with Crippen LogP contribution in [-0.2, 0) is 6.61 Å². The molecule has 106 valence electrons. The monoisotopic (exact) mass is 274 g/mol. The van der Waals surface area contributed by atoms with Crippen LogP contribution in [0.2, 0.25) is 0 Å². The lowest BCUT2D eigenvalue weighted by atomic mass is 10.1. The Bertz CT molecular complexity index is 596. The van der Waals surface area contributed by atoms with Crippen LogP contribution >= 0.6 is 0 Å². The topological polar surface area (TPSA) is 36.4 Å². The number of nitrogens with zero attached hydrogens (tertiary/aromatic N) is 2. The molecule has 0 saturated carbocycles. The summed E-state index contributed by atoms with van der Waals surface area (Å²) in [4.78, 5) is 6.52. The van der Waals surface area contributed by atoms with Crippen molar-refractivity contribution >= 4 is 11.5 Å². The second kappa shape index (κ2) is 6.01. The predicted molar refractivity (Wildman–Crippen MR) is 78.7 cm³/mol. The highest BCUT2D eigenvalue weighted by Gasteiger charge is 2.15. The van der Waals surface area contributed by atoms with Crippen molar-refractivity contribution in [3.63, 3.8) is 0 Å². The molecule has 0 spiro atoms. The quantitative estimate of drug-likeness (QED) is 0.927. The maximum atomic E-state index is 13.1. The average molecular weight is 274 g/mol. The molecule has 0 radical (unpaired) electrons. The van der Waals surface area contributed by atoms with Gasteiger partial charge in [-0.1, -0.05) is 0 Å². The van der Waals surface area contributed by atoms with Crippen molar-refractivity contribution in [1.29, 1.82) is 0 Å². The predicted octanol–water partition coefficient (Wildman–Crippen LogP) is 3.49. The van der Waals surface area contributed by atoms with E-state index in [2.05, 4.69) is 4.98 Å². The summed E-state index contributed by atoms with van der Waals surface area (Å²) in [6, 6.07) is 8.25. The van der Waals surface area contributed by atoms with Gasteiger partial charge in [-0.2, -0.15) is 0 Å². The Kier molecular flexibility index (Phi) is 4.35. The Hall–Kier alpha value is -1.94. The van der Waals surface area contributed by atoms with E-state index >= 15 is 0 Å². The van der Waals surface area contributed by atoms with E-state index in [-0.39, 0.29) is 12.4 Å². The van der Waals surface area contributed by atoms with Gasteiger partial charge in [0.05, 0.1) is 6.61 Å². The molecule has 0 bridgehead atoms. The Labute approximate surface area is 118 Å². The van der Waals surface area contributed by atoms with Gasteiger partial charge in [0.1, 0.15) is 11.6 Å². The molecular formula is C16H19FN2O. The number of aryl methyl sites for hydroxylation is 2. The van der Waals surface area contributed by atoms with Gasteiger partial charge in [0.2, 0.25) is 0 Å². The fourth-order valence-electron chi connectivity index (χ4n) is 2.34. The van der Waals surface area contributed by atoms with Gasteiger partial charge in [-0.3, -0.25) is 0 Å². The molecular weight excluding hydrogens is 255 g/mol. The van der Waals surface area contributed by atoms with Crippen LogP contribution in [0.25, 0.3) is 0 Å². The van der Waals surface area contributed by atoms with Gasteiger partial charge < -0.3 is 10.0 Å². The van der Waals surface area contributed by atoms with Crippen LogP contribution in [0.5, 0.6) is 0 Å². The van der Waals surface area contributed by atoms with Gasteiger partial charge in [0.25, 0.3) is 0 Å². The van der Waals surface area contributed by atoms with E-state index in [1.165, 1.54) is 12.1 Å². The van der Waals surface area contributed by atoms with Crippen LogP contribution in [0.4, 0.5) is 15.9 Å². The molecule has 0 saturated heterocycles. The standard InChI is InChI=1S/C16H19FN2O/c1-4-19(14-7-5-13(17)6-8-14)16-15(10-20)11(2)9-12(3)18-16/h5-9,20H,4,10H2,1-3H3. The van der Waals surface area contributed by atoms with E-state index < -0.39 is 0 Å². The number of hydrogen-bond acceptors (Lipinski definition) is 3. The number of rotatable bonds is 4. The zero-order valence-electron chi connectivity index (χ0n) is 12.0. The molecule has 1 aromatic heterocycles. The van der Waals surface area contributed by atoms with E-state index in [9.17, 15) is 9.50 Å². The highest BCUT2D eigenvalue weighted by atomic mass is 19.1. The molecule has 20 heavy (non-hydrogen) atoms. The van der Waals surface area contributed by atoms with Crippen LogP contribution in [0.15, 0.2) is 30.3 Å². The Balaban J connectivity index is 2.54. The molecule has 2 rings (SSSR count). The van der Waals surface area contributed by atoms with Crippen molar-refractivity contribution in [3.8, 4) is 0 Å². The maximum absolute atomic E-state index is 13.1. The van der Waals surface area contributed by atoms with Crippen LogP contribution in [0, 0.1) is 19.7 Å². The zero-order valence-corrected chi connectivity index (χ0v) is 12.0. The molecule has 3 nitrogen and oxygen atoms in total. The summed E-state index contributed by atoms with van der Waals surface area (Å²) in [5.74, 6) is 0.472. The highest BCUT2D eigenvalue weighted by molar-refractivity contribution is 5.64. The Morgan fingerprint density at radius 1 is 1.20 bits per heavy atom. The molecule has 1 heterocycles. The molecule has 0 aliphatic carbocycles. The minimum Gasteiger partial charge on any atom is -0.392 e. The lowest BCUT2D eigenvalue weighted by Gasteiger charge is -2.25. The van der Waals surface area contributed by atoms with E-state index in [1.807, 2.05) is 31.7 Å². The first-order chi connectivity index (χ1) is 9.56. The SMILES string of the molecule is CCN(c1ccc(F)cc1)c1nc(C)cc(C)c1CO. The third-order valence-corrected chi connectivity index (χ3v) is 3.32. The van der Waals surface area contributed by atoms with Crippen molar-refractivity contribution in [2.75, 3.05) is 11.4 Å². The van der Waals surface area contributed by atoms with E-state index in [1.54, 1.807) is 12.1 Å². The summed E-state index contributed by atoms with van der Waals surface area (Å²) in [5, 5.41) is 9.60. The third kappa shape index (κ3) is 2.80. The highest BCUT2D eigenvalue weighted by Crippen LogP contribution is 2.29. The first-order valence-corrected chi connectivity index (χ1v) is 6.68. The second-order valence-electron chi connectivity index (χ2n) is 4.76. The first kappa shape index (κ1) is 14.5. The molecule has 0 fully saturated rings. The number of benzene rings is 1. The molecule has 1 N–H and O–H groups in total. The number of anilines is 2. The van der Waals surface area contributed by atoms with Crippen LogP contribution in [0.3, 0.4) is 0 Å². The molecule has 2 aromatic rings. The van der Waals surface area contributed by atoms with Gasteiger partial charge in [-0.25, -0.2) is 9.37 Å².